The van der Waals surface area contributed by atoms with Gasteiger partial charge in [-0.1, -0.05) is 26.0 Å². The lowest BCUT2D eigenvalue weighted by molar-refractivity contribution is -0.123. The molecule has 1 atom stereocenters. The molecule has 1 aromatic carbocycles. The number of hydrogen-bond donors (Lipinski definition) is 2. The minimum absolute atomic E-state index is 0.0940. The van der Waals surface area contributed by atoms with Gasteiger partial charge in [-0.3, -0.25) is 14.6 Å². The number of benzene rings is 1. The Morgan fingerprint density at radius 2 is 2.00 bits per heavy atom. The van der Waals surface area contributed by atoms with Gasteiger partial charge in [-0.25, -0.2) is 0 Å². The van der Waals surface area contributed by atoms with E-state index in [2.05, 4.69) is 34.4 Å². The number of rotatable bonds is 5. The molecule has 2 aliphatic heterocycles. The lowest BCUT2D eigenvalue weighted by atomic mass is 9.97. The second-order valence-electron chi connectivity index (χ2n) is 8.40. The van der Waals surface area contributed by atoms with E-state index >= 15 is 0 Å². The Morgan fingerprint density at radius 1 is 1.24 bits per heavy atom. The van der Waals surface area contributed by atoms with Crippen LogP contribution < -0.4 is 10.6 Å². The average molecular weight is 400 g/mol. The minimum atomic E-state index is -0.102. The van der Waals surface area contributed by atoms with Crippen molar-refractivity contribution in [3.8, 4) is 0 Å². The van der Waals surface area contributed by atoms with Gasteiger partial charge in [-0.15, -0.1) is 0 Å². The molecule has 158 valence electrons. The van der Waals surface area contributed by atoms with Crippen molar-refractivity contribution in [1.82, 2.24) is 20.4 Å². The standard InChI is InChI=1S/C22H33N5O2/c1-16(2)12-18-8-10-27(14-18)22(23-3)25-13-17-4-6-19(7-5-17)21(29)26-11-9-24-20(28)15-26/h4-7,16,18H,8-15H2,1-3H3,(H,23,25)(H,24,28). The summed E-state index contributed by atoms with van der Waals surface area (Å²) in [5.74, 6) is 2.22. The molecule has 29 heavy (non-hydrogen) atoms. The zero-order valence-corrected chi connectivity index (χ0v) is 17.8. The number of likely N-dealkylation sites (tertiary alicyclic amines) is 1. The molecular formula is C22H33N5O2. The Hall–Kier alpha value is -2.57. The average Bonchev–Trinajstić information content (AvgIpc) is 3.16. The highest BCUT2D eigenvalue weighted by atomic mass is 16.2. The summed E-state index contributed by atoms with van der Waals surface area (Å²) in [6.45, 7) is 8.54. The first-order valence-electron chi connectivity index (χ1n) is 10.6. The van der Waals surface area contributed by atoms with Gasteiger partial charge in [0.1, 0.15) is 0 Å². The first kappa shape index (κ1) is 21.1. The minimum Gasteiger partial charge on any atom is -0.353 e. The molecule has 2 fully saturated rings. The lowest BCUT2D eigenvalue weighted by Crippen LogP contribution is -2.49. The van der Waals surface area contributed by atoms with E-state index in [0.29, 0.717) is 25.2 Å². The van der Waals surface area contributed by atoms with Crippen molar-refractivity contribution in [2.75, 3.05) is 39.8 Å². The van der Waals surface area contributed by atoms with E-state index in [4.69, 9.17) is 0 Å². The molecule has 2 amide bonds. The summed E-state index contributed by atoms with van der Waals surface area (Å²) in [6.07, 6.45) is 2.49. The summed E-state index contributed by atoms with van der Waals surface area (Å²) in [7, 11) is 1.83. The number of hydrogen-bond acceptors (Lipinski definition) is 3. The molecule has 0 spiro atoms. The number of piperazine rings is 1. The Labute approximate surface area is 173 Å². The predicted octanol–water partition coefficient (Wildman–Crippen LogP) is 1.70. The van der Waals surface area contributed by atoms with Gasteiger partial charge < -0.3 is 20.4 Å². The van der Waals surface area contributed by atoms with Crippen molar-refractivity contribution in [3.63, 3.8) is 0 Å². The third-order valence-electron chi connectivity index (χ3n) is 5.58. The van der Waals surface area contributed by atoms with Crippen LogP contribution in [0.4, 0.5) is 0 Å². The molecule has 0 aromatic heterocycles. The number of carbonyl (C=O) groups excluding carboxylic acids is 2. The molecule has 7 heteroatoms. The van der Waals surface area contributed by atoms with Gasteiger partial charge in [0.2, 0.25) is 5.91 Å². The van der Waals surface area contributed by atoms with Gasteiger partial charge in [-0.05, 0) is 42.4 Å². The molecule has 1 unspecified atom stereocenters. The molecular weight excluding hydrogens is 366 g/mol. The molecule has 2 heterocycles. The van der Waals surface area contributed by atoms with Crippen molar-refractivity contribution >= 4 is 17.8 Å². The Morgan fingerprint density at radius 3 is 2.66 bits per heavy atom. The maximum atomic E-state index is 12.6. The fourth-order valence-corrected chi connectivity index (χ4v) is 4.16. The Balaban J connectivity index is 1.51. The van der Waals surface area contributed by atoms with E-state index in [1.807, 2.05) is 31.3 Å². The molecule has 2 aliphatic rings. The third-order valence-corrected chi connectivity index (χ3v) is 5.58. The number of carbonyl (C=O) groups is 2. The van der Waals surface area contributed by atoms with Crippen LogP contribution in [0.25, 0.3) is 0 Å². The number of aliphatic imine (C=N–C) groups is 1. The van der Waals surface area contributed by atoms with Crippen LogP contribution in [0, 0.1) is 11.8 Å². The van der Waals surface area contributed by atoms with Gasteiger partial charge in [0.15, 0.2) is 5.96 Å². The first-order chi connectivity index (χ1) is 14.0. The topological polar surface area (TPSA) is 77.0 Å². The van der Waals surface area contributed by atoms with Crippen LogP contribution in [0.15, 0.2) is 29.3 Å². The fourth-order valence-electron chi connectivity index (χ4n) is 4.16. The molecule has 0 saturated carbocycles. The van der Waals surface area contributed by atoms with Crippen LogP contribution in [0.2, 0.25) is 0 Å². The van der Waals surface area contributed by atoms with E-state index in [1.165, 1.54) is 12.8 Å². The van der Waals surface area contributed by atoms with Gasteiger partial charge in [-0.2, -0.15) is 0 Å². The Bertz CT molecular complexity index is 744. The second-order valence-corrected chi connectivity index (χ2v) is 8.40. The highest BCUT2D eigenvalue weighted by Crippen LogP contribution is 2.23. The van der Waals surface area contributed by atoms with Crippen molar-refractivity contribution in [2.45, 2.75) is 33.2 Å². The maximum absolute atomic E-state index is 12.6. The van der Waals surface area contributed by atoms with Crippen molar-refractivity contribution in [3.05, 3.63) is 35.4 Å². The zero-order valence-electron chi connectivity index (χ0n) is 17.8. The number of nitrogens with one attached hydrogen (secondary N) is 2. The largest absolute Gasteiger partial charge is 0.353 e. The smallest absolute Gasteiger partial charge is 0.254 e. The van der Waals surface area contributed by atoms with Crippen molar-refractivity contribution in [1.29, 1.82) is 0 Å². The van der Waals surface area contributed by atoms with Crippen molar-refractivity contribution in [2.24, 2.45) is 16.8 Å². The summed E-state index contributed by atoms with van der Waals surface area (Å²) in [4.78, 5) is 32.4. The van der Waals surface area contributed by atoms with Crippen LogP contribution in [0.3, 0.4) is 0 Å². The van der Waals surface area contributed by atoms with Crippen LogP contribution in [0.1, 0.15) is 42.6 Å². The molecule has 3 rings (SSSR count). The number of amides is 2. The van der Waals surface area contributed by atoms with E-state index in [0.717, 1.165) is 36.4 Å². The van der Waals surface area contributed by atoms with Gasteiger partial charge >= 0.3 is 0 Å². The predicted molar refractivity (Wildman–Crippen MR) is 115 cm³/mol. The highest BCUT2D eigenvalue weighted by molar-refractivity contribution is 5.97. The van der Waals surface area contributed by atoms with E-state index in [1.54, 1.807) is 4.90 Å². The summed E-state index contributed by atoms with van der Waals surface area (Å²) >= 11 is 0. The maximum Gasteiger partial charge on any atom is 0.254 e. The van der Waals surface area contributed by atoms with E-state index < -0.39 is 0 Å². The fraction of sp³-hybridized carbons (Fsp3) is 0.591. The number of nitrogens with zero attached hydrogens (tertiary/aromatic N) is 3. The van der Waals surface area contributed by atoms with Gasteiger partial charge in [0.25, 0.3) is 5.91 Å². The molecule has 2 N–H and O–H groups in total. The first-order valence-corrected chi connectivity index (χ1v) is 10.6. The van der Waals surface area contributed by atoms with Crippen LogP contribution in [-0.2, 0) is 11.3 Å². The SMILES string of the molecule is CN=C(NCc1ccc(C(=O)N2CCNC(=O)C2)cc1)N1CCC(CC(C)C)C1. The normalized spacial score (nSPS) is 20.2. The van der Waals surface area contributed by atoms with Gasteiger partial charge in [0, 0.05) is 45.3 Å². The number of guanidine groups is 1. The zero-order chi connectivity index (χ0) is 20.8. The van der Waals surface area contributed by atoms with Crippen LogP contribution in [0.5, 0.6) is 0 Å². The monoisotopic (exact) mass is 399 g/mol. The summed E-state index contributed by atoms with van der Waals surface area (Å²) in [6, 6.07) is 7.60. The van der Waals surface area contributed by atoms with Crippen molar-refractivity contribution < 1.29 is 9.59 Å². The van der Waals surface area contributed by atoms with Crippen LogP contribution in [-0.4, -0.2) is 67.3 Å². The van der Waals surface area contributed by atoms with Gasteiger partial charge in [0.05, 0.1) is 6.54 Å². The third kappa shape index (κ3) is 5.71. The molecule has 0 bridgehead atoms. The second kappa shape index (κ2) is 9.76. The molecule has 1 aromatic rings. The summed E-state index contributed by atoms with van der Waals surface area (Å²) in [5.41, 5.74) is 1.71. The van der Waals surface area contributed by atoms with E-state index in [9.17, 15) is 9.59 Å². The lowest BCUT2D eigenvalue weighted by Gasteiger charge is -2.26. The quantitative estimate of drug-likeness (QED) is 0.584. The summed E-state index contributed by atoms with van der Waals surface area (Å²) < 4.78 is 0. The summed E-state index contributed by atoms with van der Waals surface area (Å²) in [5, 5.41) is 6.19. The molecule has 0 aliphatic carbocycles. The highest BCUT2D eigenvalue weighted by Gasteiger charge is 2.25. The molecule has 2 saturated heterocycles. The molecule has 7 nitrogen and oxygen atoms in total. The van der Waals surface area contributed by atoms with Crippen LogP contribution >= 0.6 is 0 Å². The molecule has 0 radical (unpaired) electrons. The van der Waals surface area contributed by atoms with E-state index in [-0.39, 0.29) is 18.4 Å². The Kier molecular flexibility index (Phi) is 7.12.